The van der Waals surface area contributed by atoms with Crippen LogP contribution in [0, 0.1) is 0 Å². The maximum Gasteiger partial charge on any atom is 0.0716 e. The van der Waals surface area contributed by atoms with Crippen LogP contribution in [0.25, 0.3) is 0 Å². The lowest BCUT2D eigenvalue weighted by atomic mass is 10.2. The quantitative estimate of drug-likeness (QED) is 0.690. The lowest BCUT2D eigenvalue weighted by Gasteiger charge is -2.05. The molecular weight excluding hydrogens is 186 g/mol. The SMILES string of the molecule is c1ccc(COCCCNC2CC2)cc1. The highest BCUT2D eigenvalue weighted by Gasteiger charge is 2.19. The Balaban J connectivity index is 1.47. The van der Waals surface area contributed by atoms with Gasteiger partial charge in [0.15, 0.2) is 0 Å². The van der Waals surface area contributed by atoms with Crippen molar-refractivity contribution in [2.45, 2.75) is 31.9 Å². The molecule has 0 amide bonds. The standard InChI is InChI=1S/C13H19NO/c1-2-5-12(6-3-1)11-15-10-4-9-14-13-7-8-13/h1-3,5-6,13-14H,4,7-11H2. The minimum absolute atomic E-state index is 0.740. The van der Waals surface area contributed by atoms with E-state index in [1.807, 2.05) is 18.2 Å². The third-order valence-corrected chi connectivity index (χ3v) is 2.59. The van der Waals surface area contributed by atoms with Crippen LogP contribution in [0.15, 0.2) is 30.3 Å². The molecule has 82 valence electrons. The van der Waals surface area contributed by atoms with Crippen molar-refractivity contribution in [1.82, 2.24) is 5.32 Å². The minimum Gasteiger partial charge on any atom is -0.377 e. The van der Waals surface area contributed by atoms with Gasteiger partial charge in [0, 0.05) is 12.6 Å². The van der Waals surface area contributed by atoms with E-state index in [4.69, 9.17) is 4.74 Å². The smallest absolute Gasteiger partial charge is 0.0716 e. The molecule has 0 aromatic heterocycles. The van der Waals surface area contributed by atoms with Gasteiger partial charge in [-0.2, -0.15) is 0 Å². The van der Waals surface area contributed by atoms with E-state index < -0.39 is 0 Å². The summed E-state index contributed by atoms with van der Waals surface area (Å²) in [5.41, 5.74) is 1.26. The van der Waals surface area contributed by atoms with E-state index in [9.17, 15) is 0 Å². The number of rotatable bonds is 7. The van der Waals surface area contributed by atoms with Crippen molar-refractivity contribution in [2.75, 3.05) is 13.2 Å². The third kappa shape index (κ3) is 4.45. The maximum atomic E-state index is 5.58. The number of hydrogen-bond acceptors (Lipinski definition) is 2. The molecule has 2 nitrogen and oxygen atoms in total. The largest absolute Gasteiger partial charge is 0.377 e. The van der Waals surface area contributed by atoms with Crippen LogP contribution in [-0.2, 0) is 11.3 Å². The Labute approximate surface area is 91.6 Å². The van der Waals surface area contributed by atoms with Crippen molar-refractivity contribution in [2.24, 2.45) is 0 Å². The molecular formula is C13H19NO. The molecule has 0 bridgehead atoms. The van der Waals surface area contributed by atoms with Gasteiger partial charge in [0.25, 0.3) is 0 Å². The Bertz CT molecular complexity index is 269. The Morgan fingerprint density at radius 1 is 1.20 bits per heavy atom. The normalized spacial score (nSPS) is 15.5. The number of hydrogen-bond donors (Lipinski definition) is 1. The van der Waals surface area contributed by atoms with Crippen molar-refractivity contribution in [3.8, 4) is 0 Å². The topological polar surface area (TPSA) is 21.3 Å². The summed E-state index contributed by atoms with van der Waals surface area (Å²) in [5, 5.41) is 3.48. The summed E-state index contributed by atoms with van der Waals surface area (Å²) < 4.78 is 5.58. The molecule has 0 spiro atoms. The van der Waals surface area contributed by atoms with Crippen LogP contribution in [-0.4, -0.2) is 19.2 Å². The monoisotopic (exact) mass is 205 g/mol. The molecule has 2 rings (SSSR count). The lowest BCUT2D eigenvalue weighted by molar-refractivity contribution is 0.118. The molecule has 0 saturated heterocycles. The molecule has 15 heavy (non-hydrogen) atoms. The Kier molecular flexibility index (Phi) is 4.18. The van der Waals surface area contributed by atoms with Gasteiger partial charge < -0.3 is 10.1 Å². The fourth-order valence-corrected chi connectivity index (χ4v) is 1.53. The first-order valence-corrected chi connectivity index (χ1v) is 5.80. The van der Waals surface area contributed by atoms with E-state index in [1.54, 1.807) is 0 Å². The van der Waals surface area contributed by atoms with Gasteiger partial charge in [0.2, 0.25) is 0 Å². The summed E-state index contributed by atoms with van der Waals surface area (Å²) in [6.07, 6.45) is 3.85. The van der Waals surface area contributed by atoms with Crippen LogP contribution < -0.4 is 5.32 Å². The zero-order chi connectivity index (χ0) is 10.3. The molecule has 1 aliphatic rings. The van der Waals surface area contributed by atoms with E-state index in [1.165, 1.54) is 18.4 Å². The summed E-state index contributed by atoms with van der Waals surface area (Å²) in [6.45, 7) is 2.69. The highest BCUT2D eigenvalue weighted by molar-refractivity contribution is 5.13. The first-order valence-electron chi connectivity index (χ1n) is 5.80. The number of benzene rings is 1. The number of ether oxygens (including phenoxy) is 1. The highest BCUT2D eigenvalue weighted by Crippen LogP contribution is 2.18. The summed E-state index contributed by atoms with van der Waals surface area (Å²) in [7, 11) is 0. The van der Waals surface area contributed by atoms with Crippen LogP contribution in [0.2, 0.25) is 0 Å². The Morgan fingerprint density at radius 3 is 2.73 bits per heavy atom. The Morgan fingerprint density at radius 2 is 2.00 bits per heavy atom. The predicted octanol–water partition coefficient (Wildman–Crippen LogP) is 2.35. The van der Waals surface area contributed by atoms with Gasteiger partial charge in [0.1, 0.15) is 0 Å². The second kappa shape index (κ2) is 5.89. The molecule has 0 unspecified atom stereocenters. The second-order valence-corrected chi connectivity index (χ2v) is 4.12. The van der Waals surface area contributed by atoms with Crippen molar-refractivity contribution in [1.29, 1.82) is 0 Å². The van der Waals surface area contributed by atoms with Crippen molar-refractivity contribution in [3.63, 3.8) is 0 Å². The summed E-state index contributed by atoms with van der Waals surface area (Å²) in [6, 6.07) is 11.1. The molecule has 0 atom stereocenters. The van der Waals surface area contributed by atoms with Crippen LogP contribution in [0.5, 0.6) is 0 Å². The maximum absolute atomic E-state index is 5.58. The van der Waals surface area contributed by atoms with Crippen LogP contribution >= 0.6 is 0 Å². The van der Waals surface area contributed by atoms with Crippen molar-refractivity contribution in [3.05, 3.63) is 35.9 Å². The van der Waals surface area contributed by atoms with Gasteiger partial charge in [-0.15, -0.1) is 0 Å². The Hall–Kier alpha value is -0.860. The molecule has 1 aliphatic carbocycles. The zero-order valence-corrected chi connectivity index (χ0v) is 9.11. The third-order valence-electron chi connectivity index (χ3n) is 2.59. The van der Waals surface area contributed by atoms with Crippen LogP contribution in [0.4, 0.5) is 0 Å². The molecule has 1 aromatic rings. The van der Waals surface area contributed by atoms with Gasteiger partial charge in [0.05, 0.1) is 6.61 Å². The molecule has 1 fully saturated rings. The fourth-order valence-electron chi connectivity index (χ4n) is 1.53. The lowest BCUT2D eigenvalue weighted by Crippen LogP contribution is -2.18. The average Bonchev–Trinajstić information content (AvgIpc) is 3.09. The van der Waals surface area contributed by atoms with Gasteiger partial charge in [-0.25, -0.2) is 0 Å². The first kappa shape index (κ1) is 10.7. The molecule has 1 saturated carbocycles. The number of nitrogens with one attached hydrogen (secondary N) is 1. The minimum atomic E-state index is 0.740. The molecule has 0 radical (unpaired) electrons. The van der Waals surface area contributed by atoms with Crippen molar-refractivity contribution >= 4 is 0 Å². The van der Waals surface area contributed by atoms with Gasteiger partial charge in [-0.1, -0.05) is 30.3 Å². The van der Waals surface area contributed by atoms with E-state index >= 15 is 0 Å². The first-order chi connectivity index (χ1) is 7.45. The molecule has 0 heterocycles. The van der Waals surface area contributed by atoms with Gasteiger partial charge in [-0.3, -0.25) is 0 Å². The molecule has 2 heteroatoms. The molecule has 0 aliphatic heterocycles. The molecule has 1 N–H and O–H groups in total. The summed E-state index contributed by atoms with van der Waals surface area (Å²) >= 11 is 0. The van der Waals surface area contributed by atoms with Crippen LogP contribution in [0.3, 0.4) is 0 Å². The molecule has 1 aromatic carbocycles. The average molecular weight is 205 g/mol. The zero-order valence-electron chi connectivity index (χ0n) is 9.11. The predicted molar refractivity (Wildman–Crippen MR) is 61.7 cm³/mol. The van der Waals surface area contributed by atoms with Gasteiger partial charge in [-0.05, 0) is 31.4 Å². The van der Waals surface area contributed by atoms with E-state index in [0.717, 1.165) is 32.2 Å². The summed E-state index contributed by atoms with van der Waals surface area (Å²) in [5.74, 6) is 0. The second-order valence-electron chi connectivity index (χ2n) is 4.12. The highest BCUT2D eigenvalue weighted by atomic mass is 16.5. The summed E-state index contributed by atoms with van der Waals surface area (Å²) in [4.78, 5) is 0. The van der Waals surface area contributed by atoms with E-state index in [0.29, 0.717) is 0 Å². The van der Waals surface area contributed by atoms with Crippen molar-refractivity contribution < 1.29 is 4.74 Å². The van der Waals surface area contributed by atoms with E-state index in [-0.39, 0.29) is 0 Å². The van der Waals surface area contributed by atoms with E-state index in [2.05, 4.69) is 17.4 Å². The van der Waals surface area contributed by atoms with Crippen LogP contribution in [0.1, 0.15) is 24.8 Å². The van der Waals surface area contributed by atoms with Gasteiger partial charge >= 0.3 is 0 Å². The fraction of sp³-hybridized carbons (Fsp3) is 0.538.